The molecule has 0 fully saturated rings. The van der Waals surface area contributed by atoms with Crippen molar-refractivity contribution in [3.05, 3.63) is 222 Å². The van der Waals surface area contributed by atoms with Crippen LogP contribution in [-0.2, 0) is 34.1 Å². The quantitative estimate of drug-likeness (QED) is 0.115. The van der Waals surface area contributed by atoms with Crippen LogP contribution in [0, 0.1) is 0 Å². The minimum atomic E-state index is -0.0759. The number of amides is 1. The first-order chi connectivity index (χ1) is 32.6. The minimum Gasteiger partial charge on any atom is -0.656 e. The van der Waals surface area contributed by atoms with Gasteiger partial charge >= 0.3 is 16.5 Å². The molecule has 6 nitrogen and oxygen atoms in total. The molecule has 0 bridgehead atoms. The Morgan fingerprint density at radius 2 is 0.776 bits per heavy atom. The van der Waals surface area contributed by atoms with Crippen LogP contribution in [0.25, 0.3) is 22.0 Å². The molecule has 1 aromatic heterocycles. The number of carbonyl (C=O) groups is 2. The third kappa shape index (κ3) is 7.56. The van der Waals surface area contributed by atoms with E-state index < -0.39 is 0 Å². The molecule has 0 saturated carbocycles. The van der Waals surface area contributed by atoms with E-state index in [0.717, 1.165) is 187 Å². The first-order valence-electron chi connectivity index (χ1n) is 24.4. The van der Waals surface area contributed by atoms with Gasteiger partial charge in [-0.1, -0.05) is 138 Å². The van der Waals surface area contributed by atoms with E-state index in [2.05, 4.69) is 91.0 Å². The molecule has 0 saturated heterocycles. The Hall–Kier alpha value is -6.43. The van der Waals surface area contributed by atoms with Gasteiger partial charge in [0.05, 0.1) is 23.0 Å². The molecule has 0 N–H and O–H groups in total. The predicted octanol–water partition coefficient (Wildman–Crippen LogP) is 13.8. The van der Waals surface area contributed by atoms with Gasteiger partial charge in [0.25, 0.3) is 0 Å². The average molecular weight is 920 g/mol. The molecule has 0 spiro atoms. The smallest absolute Gasteiger partial charge is 0.656 e. The van der Waals surface area contributed by atoms with Crippen LogP contribution >= 0.6 is 0 Å². The van der Waals surface area contributed by atoms with Crippen molar-refractivity contribution in [3.63, 3.8) is 0 Å². The number of ketones is 1. The number of aliphatic imine (C=N–C) groups is 2. The average Bonchev–Trinajstić information content (AvgIpc) is 4.15. The largest absolute Gasteiger partial charge is 2.00 e. The summed E-state index contributed by atoms with van der Waals surface area (Å²) in [6.07, 6.45) is 15.6. The van der Waals surface area contributed by atoms with Crippen molar-refractivity contribution in [1.29, 1.82) is 0 Å². The van der Waals surface area contributed by atoms with Crippen LogP contribution in [0.2, 0.25) is 0 Å². The van der Waals surface area contributed by atoms with E-state index in [1.165, 1.54) is 27.8 Å². The number of nitrogens with zero attached hydrogens (tertiary/aromatic N) is 4. The fourth-order valence-electron chi connectivity index (χ4n) is 11.8. The van der Waals surface area contributed by atoms with Crippen molar-refractivity contribution in [2.75, 3.05) is 0 Å². The van der Waals surface area contributed by atoms with Crippen molar-refractivity contribution >= 4 is 39.8 Å². The summed E-state index contributed by atoms with van der Waals surface area (Å²) in [5.41, 5.74) is 22.7. The van der Waals surface area contributed by atoms with Gasteiger partial charge in [-0.15, -0.1) is 17.1 Å². The van der Waals surface area contributed by atoms with E-state index in [9.17, 15) is 9.59 Å². The molecule has 4 heterocycles. The molecule has 3 aliphatic heterocycles. The second-order valence-electron chi connectivity index (χ2n) is 18.8. The molecule has 4 aliphatic carbocycles. The van der Waals surface area contributed by atoms with Crippen molar-refractivity contribution < 1.29 is 26.1 Å². The Balaban J connectivity index is 0.00000494. The van der Waals surface area contributed by atoms with Crippen molar-refractivity contribution in [2.45, 2.75) is 103 Å². The third-order valence-electron chi connectivity index (χ3n) is 14.9. The van der Waals surface area contributed by atoms with E-state index in [-0.39, 0.29) is 28.2 Å². The number of hydrogen-bond acceptors (Lipinski definition) is 4. The van der Waals surface area contributed by atoms with Gasteiger partial charge in [0.2, 0.25) is 5.78 Å². The molecule has 1 amide bonds. The monoisotopic (exact) mass is 918 g/mol. The molecule has 334 valence electrons. The molecule has 12 rings (SSSR count). The van der Waals surface area contributed by atoms with Crippen LogP contribution in [0.3, 0.4) is 0 Å². The van der Waals surface area contributed by atoms with E-state index in [1.54, 1.807) is 0 Å². The Morgan fingerprint density at radius 3 is 1.27 bits per heavy atom. The Bertz CT molecular complexity index is 3100. The van der Waals surface area contributed by atoms with Gasteiger partial charge in [0.1, 0.15) is 5.71 Å². The molecule has 0 unspecified atom stereocenters. The molecule has 0 radical (unpaired) electrons. The zero-order valence-electron chi connectivity index (χ0n) is 37.8. The number of rotatable bonds is 8. The van der Waals surface area contributed by atoms with Crippen LogP contribution < -0.4 is 4.98 Å². The fraction of sp³-hybridized carbons (Fsp3) is 0.267. The Kier molecular flexibility index (Phi) is 11.8. The molecule has 4 aromatic carbocycles. The van der Waals surface area contributed by atoms with Crippen molar-refractivity contribution in [3.8, 4) is 0 Å². The Morgan fingerprint density at radius 1 is 0.403 bits per heavy atom. The van der Waals surface area contributed by atoms with Crippen LogP contribution in [0.15, 0.2) is 182 Å². The van der Waals surface area contributed by atoms with Crippen LogP contribution in [-0.4, -0.2) is 23.1 Å². The van der Waals surface area contributed by atoms with E-state index in [1.807, 2.05) is 30.3 Å². The summed E-state index contributed by atoms with van der Waals surface area (Å²) in [7, 11) is 0. The molecule has 67 heavy (non-hydrogen) atoms. The van der Waals surface area contributed by atoms with Gasteiger partial charge in [-0.3, -0.25) is 4.79 Å². The maximum Gasteiger partial charge on any atom is 2.00 e. The van der Waals surface area contributed by atoms with Crippen LogP contribution in [0.4, 0.5) is 0 Å². The van der Waals surface area contributed by atoms with Gasteiger partial charge < -0.3 is 15.1 Å². The fourth-order valence-corrected chi connectivity index (χ4v) is 11.8. The Labute approximate surface area is 403 Å². The SMILES string of the molecule is O=C1[N-]C(=C(C2=NC(=C(c3ccccc3)c3[n-]c(C(=C4N=C(C(=O)c5ccccc5)C5=C4CCCC5)c4ccccc4)c4c3CCCC4)C3=C2CCCC3)c2ccccc2)C2=C1CCCC2.[Ni+2]. The van der Waals surface area contributed by atoms with E-state index in [4.69, 9.17) is 20.3 Å². The van der Waals surface area contributed by atoms with E-state index >= 15 is 0 Å². The summed E-state index contributed by atoms with van der Waals surface area (Å²) < 4.78 is 0. The molecule has 5 aromatic rings. The number of carbonyl (C=O) groups excluding carboxylic acids is 2. The topological polar surface area (TPSA) is 87.1 Å². The number of aromatic nitrogens is 1. The van der Waals surface area contributed by atoms with E-state index in [0.29, 0.717) is 11.3 Å². The normalized spacial score (nSPS) is 21.1. The maximum atomic E-state index is 14.4. The summed E-state index contributed by atoms with van der Waals surface area (Å²) >= 11 is 0. The number of Topliss-reactive ketones (excluding diaryl/α,β-unsaturated/α-hetero) is 1. The molecular weight excluding hydrogens is 867 g/mol. The number of hydrogen-bond donors (Lipinski definition) is 0. The zero-order chi connectivity index (χ0) is 44.1. The number of benzene rings is 4. The van der Waals surface area contributed by atoms with Crippen LogP contribution in [0.5, 0.6) is 0 Å². The van der Waals surface area contributed by atoms with Crippen molar-refractivity contribution in [1.82, 2.24) is 4.98 Å². The summed E-state index contributed by atoms with van der Waals surface area (Å²) in [6.45, 7) is 0. The predicted molar refractivity (Wildman–Crippen MR) is 265 cm³/mol. The minimum absolute atomic E-state index is 0. The number of allylic oxidation sites excluding steroid dienone is 6. The summed E-state index contributed by atoms with van der Waals surface area (Å²) in [4.78, 5) is 45.2. The van der Waals surface area contributed by atoms with Crippen molar-refractivity contribution in [2.24, 2.45) is 9.98 Å². The number of fused-ring (bicyclic) bond motifs is 1. The standard InChI is InChI=1S/C60H54N4O2.Ni/c65-59(40-27-11-4-12-28-40)58-46-34-18-17-33-45(46)56(63-58)50(38-23-7-2-8-24-38)54-42-30-14-13-29-41(42)52(61-54)49(37-21-5-1-6-22-37)53-43-31-15-16-32-44(43)55(62-53)51(39-25-9-3-10-26-39)57-47-35-19-20-36-48(47)60(66)64-57;/h1-12,21-28H,13-20,29-36H2,(H2,61,62,63,64,65,66);/q;+2/p-2. The second kappa shape index (κ2) is 18.3. The summed E-state index contributed by atoms with van der Waals surface area (Å²) in [5, 5.41) is 4.88. The first kappa shape index (κ1) is 43.2. The maximum absolute atomic E-state index is 14.4. The van der Waals surface area contributed by atoms with Crippen LogP contribution in [0.1, 0.15) is 139 Å². The van der Waals surface area contributed by atoms with Gasteiger partial charge in [-0.05, 0) is 164 Å². The van der Waals surface area contributed by atoms with Gasteiger partial charge in [-0.2, -0.15) is 0 Å². The van der Waals surface area contributed by atoms with Gasteiger partial charge in [-0.25, -0.2) is 9.98 Å². The first-order valence-corrected chi connectivity index (χ1v) is 24.4. The van der Waals surface area contributed by atoms with Gasteiger partial charge in [0, 0.05) is 5.56 Å². The van der Waals surface area contributed by atoms with Gasteiger partial charge in [0.15, 0.2) is 0 Å². The second-order valence-corrected chi connectivity index (χ2v) is 18.8. The zero-order valence-corrected chi connectivity index (χ0v) is 38.8. The third-order valence-corrected chi connectivity index (χ3v) is 14.9. The summed E-state index contributed by atoms with van der Waals surface area (Å²) in [5.74, 6) is -0.0863. The summed E-state index contributed by atoms with van der Waals surface area (Å²) in [6, 6.07) is 41.6. The molecular formula is C60H52N4NiO2. The molecule has 0 atom stereocenters. The molecule has 7 aliphatic rings. The molecule has 7 heteroatoms.